The summed E-state index contributed by atoms with van der Waals surface area (Å²) in [4.78, 5) is 24.1. The third-order valence-electron chi connectivity index (χ3n) is 4.75. The molecule has 1 N–H and O–H groups in total. The van der Waals surface area contributed by atoms with E-state index in [1.165, 1.54) is 0 Å². The Morgan fingerprint density at radius 1 is 1.00 bits per heavy atom. The van der Waals surface area contributed by atoms with Crippen molar-refractivity contribution < 1.29 is 19.1 Å². The number of hydrogen-bond donors (Lipinski definition) is 1. The van der Waals surface area contributed by atoms with Gasteiger partial charge in [0, 0.05) is 24.4 Å². The van der Waals surface area contributed by atoms with Gasteiger partial charge in [0.05, 0.1) is 25.4 Å². The van der Waals surface area contributed by atoms with E-state index in [2.05, 4.69) is 5.32 Å². The summed E-state index contributed by atoms with van der Waals surface area (Å²) in [5, 5.41) is 3.08. The summed E-state index contributed by atoms with van der Waals surface area (Å²) in [6, 6.07) is 9.38. The van der Waals surface area contributed by atoms with Crippen molar-refractivity contribution in [1.29, 1.82) is 0 Å². The number of rotatable bonds is 6. The zero-order chi connectivity index (χ0) is 16.8. The molecule has 3 atom stereocenters. The SMILES string of the molecule is O=C(CCCC(=O)c1ccccc1)NC1CCC2OCCOC2C1. The molecule has 3 unspecified atom stereocenters. The van der Waals surface area contributed by atoms with E-state index in [0.29, 0.717) is 38.0 Å². The Bertz CT molecular complexity index is 560. The van der Waals surface area contributed by atoms with Crippen LogP contribution in [0.1, 0.15) is 48.9 Å². The lowest BCUT2D eigenvalue weighted by atomic mass is 9.89. The van der Waals surface area contributed by atoms with Gasteiger partial charge in [0.15, 0.2) is 5.78 Å². The van der Waals surface area contributed by atoms with Crippen LogP contribution in [0.25, 0.3) is 0 Å². The summed E-state index contributed by atoms with van der Waals surface area (Å²) >= 11 is 0. The largest absolute Gasteiger partial charge is 0.373 e. The minimum atomic E-state index is 0.0241. The quantitative estimate of drug-likeness (QED) is 0.814. The van der Waals surface area contributed by atoms with E-state index in [9.17, 15) is 9.59 Å². The normalized spacial score (nSPS) is 26.4. The second-order valence-electron chi connectivity index (χ2n) is 6.54. The molecule has 1 aromatic carbocycles. The van der Waals surface area contributed by atoms with Crippen LogP contribution < -0.4 is 5.32 Å². The number of ether oxygens (including phenoxy) is 2. The van der Waals surface area contributed by atoms with Crippen molar-refractivity contribution in [3.05, 3.63) is 35.9 Å². The van der Waals surface area contributed by atoms with Crippen LogP contribution in [0, 0.1) is 0 Å². The Balaban J connectivity index is 1.36. The summed E-state index contributed by atoms with van der Waals surface area (Å²) < 4.78 is 11.4. The van der Waals surface area contributed by atoms with Gasteiger partial charge in [0.2, 0.25) is 5.91 Å². The number of carbonyl (C=O) groups excluding carboxylic acids is 2. The molecule has 3 rings (SSSR count). The van der Waals surface area contributed by atoms with E-state index >= 15 is 0 Å². The van der Waals surface area contributed by atoms with E-state index in [4.69, 9.17) is 9.47 Å². The van der Waals surface area contributed by atoms with Gasteiger partial charge in [-0.3, -0.25) is 9.59 Å². The first-order valence-corrected chi connectivity index (χ1v) is 8.83. The van der Waals surface area contributed by atoms with Crippen LogP contribution in [-0.4, -0.2) is 43.2 Å². The number of carbonyl (C=O) groups is 2. The average molecular weight is 331 g/mol. The highest BCUT2D eigenvalue weighted by Crippen LogP contribution is 2.26. The fraction of sp³-hybridized carbons (Fsp3) is 0.579. The van der Waals surface area contributed by atoms with Crippen LogP contribution in [0.5, 0.6) is 0 Å². The summed E-state index contributed by atoms with van der Waals surface area (Å²) in [6.45, 7) is 1.32. The second kappa shape index (κ2) is 8.40. The van der Waals surface area contributed by atoms with Gasteiger partial charge >= 0.3 is 0 Å². The van der Waals surface area contributed by atoms with Gasteiger partial charge in [0.25, 0.3) is 0 Å². The molecule has 5 heteroatoms. The molecule has 0 spiro atoms. The molecule has 130 valence electrons. The van der Waals surface area contributed by atoms with Crippen LogP contribution >= 0.6 is 0 Å². The Morgan fingerprint density at radius 2 is 1.75 bits per heavy atom. The van der Waals surface area contributed by atoms with Crippen molar-refractivity contribution in [2.24, 2.45) is 0 Å². The highest BCUT2D eigenvalue weighted by atomic mass is 16.6. The summed E-state index contributed by atoms with van der Waals surface area (Å²) in [5.41, 5.74) is 0.714. The maximum Gasteiger partial charge on any atom is 0.220 e. The Kier molecular flexibility index (Phi) is 5.99. The third kappa shape index (κ3) is 4.65. The van der Waals surface area contributed by atoms with Crippen molar-refractivity contribution in [1.82, 2.24) is 5.32 Å². The molecule has 2 fully saturated rings. The van der Waals surface area contributed by atoms with Crippen LogP contribution in [0.3, 0.4) is 0 Å². The van der Waals surface area contributed by atoms with E-state index in [1.54, 1.807) is 0 Å². The fourth-order valence-electron chi connectivity index (χ4n) is 3.48. The first-order chi connectivity index (χ1) is 11.7. The lowest BCUT2D eigenvalue weighted by Gasteiger charge is -2.39. The number of fused-ring (bicyclic) bond motifs is 1. The molecular weight excluding hydrogens is 306 g/mol. The molecule has 1 aliphatic carbocycles. The standard InChI is InChI=1S/C19H25NO4/c21-16(14-5-2-1-3-6-14)7-4-8-19(22)20-15-9-10-17-18(13-15)24-12-11-23-17/h1-3,5-6,15,17-18H,4,7-13H2,(H,20,22). The van der Waals surface area contributed by atoms with Gasteiger partial charge in [-0.25, -0.2) is 0 Å². The van der Waals surface area contributed by atoms with Crippen LogP contribution in [0.15, 0.2) is 30.3 Å². The molecule has 1 amide bonds. The molecule has 1 saturated heterocycles. The molecule has 0 radical (unpaired) electrons. The van der Waals surface area contributed by atoms with Crippen molar-refractivity contribution in [3.63, 3.8) is 0 Å². The first-order valence-electron chi connectivity index (χ1n) is 8.83. The number of Topliss-reactive ketones (excluding diaryl/α,β-unsaturated/α-hetero) is 1. The molecule has 0 aromatic heterocycles. The number of nitrogens with one attached hydrogen (secondary N) is 1. The smallest absolute Gasteiger partial charge is 0.220 e. The molecule has 0 bridgehead atoms. The minimum absolute atomic E-state index is 0.0241. The molecule has 5 nitrogen and oxygen atoms in total. The predicted molar refractivity (Wildman–Crippen MR) is 89.9 cm³/mol. The van der Waals surface area contributed by atoms with Gasteiger partial charge in [-0.2, -0.15) is 0 Å². The van der Waals surface area contributed by atoms with Crippen molar-refractivity contribution in [2.45, 2.75) is 56.8 Å². The number of ketones is 1. The second-order valence-corrected chi connectivity index (χ2v) is 6.54. The van der Waals surface area contributed by atoms with Crippen molar-refractivity contribution >= 4 is 11.7 Å². The fourth-order valence-corrected chi connectivity index (χ4v) is 3.48. The van der Waals surface area contributed by atoms with Gasteiger partial charge in [-0.15, -0.1) is 0 Å². The van der Waals surface area contributed by atoms with Crippen LogP contribution in [-0.2, 0) is 14.3 Å². The van der Waals surface area contributed by atoms with Crippen molar-refractivity contribution in [3.8, 4) is 0 Å². The molecule has 1 saturated carbocycles. The Hall–Kier alpha value is -1.72. The summed E-state index contributed by atoms with van der Waals surface area (Å²) in [6.07, 6.45) is 4.36. The molecule has 1 aromatic rings. The van der Waals surface area contributed by atoms with E-state index in [-0.39, 0.29) is 29.9 Å². The number of benzene rings is 1. The molecule has 1 heterocycles. The Morgan fingerprint density at radius 3 is 2.54 bits per heavy atom. The van der Waals surface area contributed by atoms with Gasteiger partial charge in [-0.1, -0.05) is 30.3 Å². The molecule has 1 aliphatic heterocycles. The summed E-state index contributed by atoms with van der Waals surface area (Å²) in [5.74, 6) is 0.118. The van der Waals surface area contributed by atoms with E-state index in [0.717, 1.165) is 19.3 Å². The van der Waals surface area contributed by atoms with Crippen LogP contribution in [0.2, 0.25) is 0 Å². The maximum atomic E-state index is 12.1. The maximum absolute atomic E-state index is 12.1. The molecule has 2 aliphatic rings. The predicted octanol–water partition coefficient (Wildman–Crippen LogP) is 2.49. The lowest BCUT2D eigenvalue weighted by molar-refractivity contribution is -0.158. The summed E-state index contributed by atoms with van der Waals surface area (Å²) in [7, 11) is 0. The lowest BCUT2D eigenvalue weighted by Crippen LogP contribution is -2.49. The van der Waals surface area contributed by atoms with Crippen molar-refractivity contribution in [2.75, 3.05) is 13.2 Å². The third-order valence-corrected chi connectivity index (χ3v) is 4.75. The van der Waals surface area contributed by atoms with Crippen LogP contribution in [0.4, 0.5) is 0 Å². The number of amides is 1. The van der Waals surface area contributed by atoms with Gasteiger partial charge < -0.3 is 14.8 Å². The monoisotopic (exact) mass is 331 g/mol. The van der Waals surface area contributed by atoms with Gasteiger partial charge in [0.1, 0.15) is 0 Å². The van der Waals surface area contributed by atoms with Gasteiger partial charge in [-0.05, 0) is 25.7 Å². The first kappa shape index (κ1) is 17.1. The molecular formula is C19H25NO4. The topological polar surface area (TPSA) is 64.6 Å². The van der Waals surface area contributed by atoms with E-state index in [1.807, 2.05) is 30.3 Å². The highest BCUT2D eigenvalue weighted by molar-refractivity contribution is 5.96. The molecule has 24 heavy (non-hydrogen) atoms. The zero-order valence-electron chi connectivity index (χ0n) is 13.9. The Labute approximate surface area is 142 Å². The van der Waals surface area contributed by atoms with E-state index < -0.39 is 0 Å². The minimum Gasteiger partial charge on any atom is -0.373 e. The number of hydrogen-bond acceptors (Lipinski definition) is 4. The highest BCUT2D eigenvalue weighted by Gasteiger charge is 2.34. The average Bonchev–Trinajstić information content (AvgIpc) is 2.62. The zero-order valence-corrected chi connectivity index (χ0v) is 13.9.